The molecule has 0 spiro atoms. The first-order valence-electron chi connectivity index (χ1n) is 8.86. The normalized spacial score (nSPS) is 12.7. The third-order valence-electron chi connectivity index (χ3n) is 4.49. The van der Waals surface area contributed by atoms with Crippen LogP contribution in [0.25, 0.3) is 5.69 Å². The van der Waals surface area contributed by atoms with E-state index in [1.54, 1.807) is 0 Å². The maximum atomic E-state index is 2.35. The van der Waals surface area contributed by atoms with Crippen molar-refractivity contribution in [1.82, 2.24) is 9.13 Å². The Hall–Kier alpha value is -2.36. The summed E-state index contributed by atoms with van der Waals surface area (Å²) in [5.74, 6) is 0.569. The lowest BCUT2D eigenvalue weighted by Crippen LogP contribution is -2.39. The van der Waals surface area contributed by atoms with Gasteiger partial charge in [0.2, 0.25) is 12.7 Å². The van der Waals surface area contributed by atoms with Crippen molar-refractivity contribution in [3.8, 4) is 5.69 Å². The molecule has 4 heteroatoms. The Bertz CT molecular complexity index is 755. The molecule has 2 heterocycles. The highest BCUT2D eigenvalue weighted by Crippen LogP contribution is 2.17. The zero-order valence-corrected chi connectivity index (χ0v) is 14.9. The number of aromatic nitrogens is 4. The summed E-state index contributed by atoms with van der Waals surface area (Å²) in [5, 5.41) is 0. The number of hydrogen-bond donors (Lipinski definition) is 0. The third-order valence-corrected chi connectivity index (χ3v) is 4.49. The number of aryl methyl sites for hydroxylation is 1. The predicted molar refractivity (Wildman–Crippen MR) is 94.8 cm³/mol. The Morgan fingerprint density at radius 1 is 0.958 bits per heavy atom. The molecular formula is C20H28N4+2. The van der Waals surface area contributed by atoms with E-state index in [0.717, 1.165) is 19.5 Å². The molecule has 126 valence electrons. The molecule has 0 aliphatic carbocycles. The van der Waals surface area contributed by atoms with Crippen molar-refractivity contribution >= 4 is 0 Å². The van der Waals surface area contributed by atoms with Gasteiger partial charge in [0.25, 0.3) is 0 Å². The summed E-state index contributed by atoms with van der Waals surface area (Å²) in [7, 11) is 0. The van der Waals surface area contributed by atoms with Crippen LogP contribution < -0.4 is 9.13 Å². The fourth-order valence-electron chi connectivity index (χ4n) is 3.12. The average Bonchev–Trinajstić information content (AvgIpc) is 3.23. The molecule has 3 aromatic rings. The Kier molecular flexibility index (Phi) is 5.14. The van der Waals surface area contributed by atoms with Crippen LogP contribution in [0, 0.1) is 5.92 Å². The Labute approximate surface area is 144 Å². The summed E-state index contributed by atoms with van der Waals surface area (Å²) in [4.78, 5) is 0. The molecule has 2 aromatic heterocycles. The van der Waals surface area contributed by atoms with Gasteiger partial charge in [-0.3, -0.25) is 0 Å². The fourth-order valence-corrected chi connectivity index (χ4v) is 3.12. The van der Waals surface area contributed by atoms with Crippen LogP contribution in [0.5, 0.6) is 0 Å². The van der Waals surface area contributed by atoms with Crippen molar-refractivity contribution in [2.24, 2.45) is 5.92 Å². The molecule has 0 aliphatic heterocycles. The van der Waals surface area contributed by atoms with E-state index in [2.05, 4.69) is 101 Å². The van der Waals surface area contributed by atoms with Crippen LogP contribution in [0.15, 0.2) is 67.8 Å². The van der Waals surface area contributed by atoms with Crippen LogP contribution in [0.2, 0.25) is 0 Å². The van der Waals surface area contributed by atoms with Crippen LogP contribution in [-0.2, 0) is 13.1 Å². The van der Waals surface area contributed by atoms with Crippen molar-refractivity contribution in [1.29, 1.82) is 0 Å². The molecule has 0 radical (unpaired) electrons. The Morgan fingerprint density at radius 3 is 2.42 bits per heavy atom. The van der Waals surface area contributed by atoms with Gasteiger partial charge in [-0.2, -0.15) is 0 Å². The number of para-hydroxylation sites is 1. The lowest BCUT2D eigenvalue weighted by Gasteiger charge is -2.15. The first kappa shape index (κ1) is 16.5. The van der Waals surface area contributed by atoms with Gasteiger partial charge in [0.1, 0.15) is 43.1 Å². The van der Waals surface area contributed by atoms with Gasteiger partial charge in [0.15, 0.2) is 0 Å². The van der Waals surface area contributed by atoms with Gasteiger partial charge in [-0.05, 0) is 24.5 Å². The van der Waals surface area contributed by atoms with Crippen molar-refractivity contribution < 1.29 is 9.13 Å². The molecule has 0 bridgehead atoms. The van der Waals surface area contributed by atoms with Gasteiger partial charge in [0, 0.05) is 0 Å². The van der Waals surface area contributed by atoms with Crippen molar-refractivity contribution in [3.05, 3.63) is 67.8 Å². The van der Waals surface area contributed by atoms with Gasteiger partial charge in [-0.15, -0.1) is 0 Å². The van der Waals surface area contributed by atoms with E-state index < -0.39 is 0 Å². The molecule has 0 fully saturated rings. The first-order valence-corrected chi connectivity index (χ1v) is 8.86. The quantitative estimate of drug-likeness (QED) is 0.594. The highest BCUT2D eigenvalue weighted by molar-refractivity contribution is 5.30. The zero-order chi connectivity index (χ0) is 16.9. The minimum atomic E-state index is 0.444. The zero-order valence-electron chi connectivity index (χ0n) is 14.9. The average molecular weight is 324 g/mol. The van der Waals surface area contributed by atoms with Crippen LogP contribution in [-0.4, -0.2) is 9.13 Å². The predicted octanol–water partition coefficient (Wildman–Crippen LogP) is 3.16. The maximum Gasteiger partial charge on any atom is 0.249 e. The summed E-state index contributed by atoms with van der Waals surface area (Å²) < 4.78 is 9.08. The molecule has 1 aromatic carbocycles. The minimum absolute atomic E-state index is 0.444. The van der Waals surface area contributed by atoms with Crippen molar-refractivity contribution in [2.75, 3.05) is 0 Å². The second-order valence-corrected chi connectivity index (χ2v) is 6.76. The lowest BCUT2D eigenvalue weighted by molar-refractivity contribution is -0.705. The van der Waals surface area contributed by atoms with Crippen LogP contribution >= 0.6 is 0 Å². The minimum Gasteiger partial charge on any atom is -0.237 e. The van der Waals surface area contributed by atoms with Gasteiger partial charge >= 0.3 is 0 Å². The maximum absolute atomic E-state index is 2.35. The van der Waals surface area contributed by atoms with E-state index in [4.69, 9.17) is 0 Å². The molecule has 0 saturated carbocycles. The highest BCUT2D eigenvalue weighted by atomic mass is 15.2. The number of hydrogen-bond acceptors (Lipinski definition) is 0. The highest BCUT2D eigenvalue weighted by Gasteiger charge is 2.24. The second kappa shape index (κ2) is 7.47. The standard InChI is InChI=1S/C20H28N4/c1-4-10-21-11-14-24(16-21)20(18(2)3)15-22-12-13-23(17-22)19-8-6-5-7-9-19/h5-9,11-14,16-18,20H,4,10,15H2,1-3H3/q+2/t20-/m1/s1. The molecule has 0 N–H and O–H groups in total. The summed E-state index contributed by atoms with van der Waals surface area (Å²) in [6.07, 6.45) is 14.2. The number of benzene rings is 1. The van der Waals surface area contributed by atoms with E-state index in [1.807, 2.05) is 6.07 Å². The fraction of sp³-hybridized carbons (Fsp3) is 0.400. The second-order valence-electron chi connectivity index (χ2n) is 6.76. The van der Waals surface area contributed by atoms with Crippen LogP contribution in [0.1, 0.15) is 33.2 Å². The topological polar surface area (TPSA) is 17.6 Å². The molecule has 0 saturated heterocycles. The number of rotatable bonds is 7. The largest absolute Gasteiger partial charge is 0.249 e. The smallest absolute Gasteiger partial charge is 0.237 e. The molecule has 1 atom stereocenters. The summed E-state index contributed by atoms with van der Waals surface area (Å²) in [5.41, 5.74) is 1.19. The van der Waals surface area contributed by atoms with E-state index in [9.17, 15) is 0 Å². The van der Waals surface area contributed by atoms with Gasteiger partial charge in [-0.25, -0.2) is 18.3 Å². The first-order chi connectivity index (χ1) is 11.7. The van der Waals surface area contributed by atoms with E-state index in [0.29, 0.717) is 12.0 Å². The molecule has 24 heavy (non-hydrogen) atoms. The van der Waals surface area contributed by atoms with Gasteiger partial charge in [0.05, 0.1) is 6.54 Å². The van der Waals surface area contributed by atoms with Crippen molar-refractivity contribution in [3.63, 3.8) is 0 Å². The molecule has 4 nitrogen and oxygen atoms in total. The third kappa shape index (κ3) is 3.75. The lowest BCUT2D eigenvalue weighted by atomic mass is 10.0. The number of imidazole rings is 2. The summed E-state index contributed by atoms with van der Waals surface area (Å²) in [6.45, 7) is 8.85. The van der Waals surface area contributed by atoms with Gasteiger partial charge in [-0.1, -0.05) is 39.0 Å². The van der Waals surface area contributed by atoms with E-state index in [-0.39, 0.29) is 0 Å². The molecule has 0 unspecified atom stereocenters. The van der Waals surface area contributed by atoms with E-state index >= 15 is 0 Å². The van der Waals surface area contributed by atoms with Crippen LogP contribution in [0.3, 0.4) is 0 Å². The molecular weight excluding hydrogens is 296 g/mol. The monoisotopic (exact) mass is 324 g/mol. The molecule has 3 rings (SSSR count). The summed E-state index contributed by atoms with van der Waals surface area (Å²) in [6, 6.07) is 10.9. The SMILES string of the molecule is CCC[n+]1ccn([C@H](C[n+]2ccn(-c3ccccc3)c2)C(C)C)c1. The Morgan fingerprint density at radius 2 is 1.71 bits per heavy atom. The van der Waals surface area contributed by atoms with Crippen molar-refractivity contribution in [2.45, 2.75) is 46.3 Å². The number of nitrogens with zero attached hydrogens (tertiary/aromatic N) is 4. The molecule has 0 amide bonds. The van der Waals surface area contributed by atoms with Gasteiger partial charge < -0.3 is 0 Å². The van der Waals surface area contributed by atoms with Crippen LogP contribution in [0.4, 0.5) is 0 Å². The van der Waals surface area contributed by atoms with E-state index in [1.165, 1.54) is 5.69 Å². The summed E-state index contributed by atoms with van der Waals surface area (Å²) >= 11 is 0. The Balaban J connectivity index is 1.77. The molecule has 0 aliphatic rings.